The molecule has 2 aromatic rings. The van der Waals surface area contributed by atoms with Gasteiger partial charge in [0, 0.05) is 37.3 Å². The lowest BCUT2D eigenvalue weighted by Gasteiger charge is -2.31. The Morgan fingerprint density at radius 3 is 2.92 bits per heavy atom. The highest BCUT2D eigenvalue weighted by Gasteiger charge is 2.26. The van der Waals surface area contributed by atoms with Gasteiger partial charge in [-0.1, -0.05) is 6.08 Å². The molecule has 0 unspecified atom stereocenters. The topological polar surface area (TPSA) is 83.3 Å². The molecule has 2 aromatic heterocycles. The zero-order valence-corrected chi connectivity index (χ0v) is 15.1. The normalized spacial score (nSPS) is 14.9. The molecule has 0 saturated carbocycles. The molecule has 3 heterocycles. The van der Waals surface area contributed by atoms with Crippen LogP contribution in [0.25, 0.3) is 0 Å². The second kappa shape index (κ2) is 8.51. The van der Waals surface area contributed by atoms with Crippen LogP contribution in [-0.2, 0) is 11.3 Å². The van der Waals surface area contributed by atoms with Gasteiger partial charge < -0.3 is 20.0 Å². The molecule has 1 aliphatic rings. The quantitative estimate of drug-likeness (QED) is 0.743. The largest absolute Gasteiger partial charge is 0.467 e. The van der Waals surface area contributed by atoms with E-state index in [0.29, 0.717) is 19.0 Å². The molecule has 1 aliphatic heterocycles. The van der Waals surface area contributed by atoms with E-state index in [2.05, 4.69) is 32.1 Å². The summed E-state index contributed by atoms with van der Waals surface area (Å²) in [5.41, 5.74) is 0.905. The molecule has 0 radical (unpaired) electrons. The Morgan fingerprint density at radius 2 is 2.23 bits per heavy atom. The van der Waals surface area contributed by atoms with Crippen LogP contribution < -0.4 is 15.5 Å². The minimum absolute atomic E-state index is 0.0487. The van der Waals surface area contributed by atoms with Crippen LogP contribution in [0, 0.1) is 12.8 Å². The van der Waals surface area contributed by atoms with E-state index in [1.54, 1.807) is 12.3 Å². The summed E-state index contributed by atoms with van der Waals surface area (Å²) in [7, 11) is 0. The van der Waals surface area contributed by atoms with Gasteiger partial charge in [-0.05, 0) is 31.9 Å². The van der Waals surface area contributed by atoms with E-state index in [4.69, 9.17) is 4.42 Å². The maximum absolute atomic E-state index is 12.1. The molecule has 1 fully saturated rings. The number of amides is 1. The zero-order chi connectivity index (χ0) is 18.4. The average molecular weight is 355 g/mol. The van der Waals surface area contributed by atoms with Crippen molar-refractivity contribution in [2.45, 2.75) is 26.3 Å². The van der Waals surface area contributed by atoms with Gasteiger partial charge in [-0.3, -0.25) is 4.79 Å². The van der Waals surface area contributed by atoms with Crippen LogP contribution in [0.2, 0.25) is 0 Å². The van der Waals surface area contributed by atoms with E-state index >= 15 is 0 Å². The second-order valence-corrected chi connectivity index (χ2v) is 6.42. The molecule has 0 spiro atoms. The van der Waals surface area contributed by atoms with E-state index in [1.807, 2.05) is 25.1 Å². The summed E-state index contributed by atoms with van der Waals surface area (Å²) < 4.78 is 5.33. The molecule has 1 saturated heterocycles. The summed E-state index contributed by atoms with van der Waals surface area (Å²) in [6.45, 7) is 8.22. The molecular formula is C19H25N5O2. The van der Waals surface area contributed by atoms with Crippen molar-refractivity contribution in [2.75, 3.05) is 29.9 Å². The Balaban J connectivity index is 1.59. The number of nitrogens with one attached hydrogen (secondary N) is 2. The van der Waals surface area contributed by atoms with Gasteiger partial charge in [-0.25, -0.2) is 4.98 Å². The van der Waals surface area contributed by atoms with Crippen molar-refractivity contribution >= 4 is 17.7 Å². The first-order chi connectivity index (χ1) is 12.7. The molecule has 3 rings (SSSR count). The number of carbonyl (C=O) groups is 1. The molecular weight excluding hydrogens is 330 g/mol. The number of carbonyl (C=O) groups excluding carboxylic acids is 1. The lowest BCUT2D eigenvalue weighted by atomic mass is 9.96. The Kier molecular flexibility index (Phi) is 5.88. The molecule has 2 N–H and O–H groups in total. The van der Waals surface area contributed by atoms with Gasteiger partial charge in [0.25, 0.3) is 0 Å². The van der Waals surface area contributed by atoms with Crippen LogP contribution in [0.1, 0.15) is 24.3 Å². The van der Waals surface area contributed by atoms with Crippen molar-refractivity contribution in [3.63, 3.8) is 0 Å². The number of aromatic nitrogens is 2. The van der Waals surface area contributed by atoms with Crippen LogP contribution in [0.3, 0.4) is 0 Å². The highest BCUT2D eigenvalue weighted by Crippen LogP contribution is 2.22. The first-order valence-corrected chi connectivity index (χ1v) is 8.91. The zero-order valence-electron chi connectivity index (χ0n) is 15.1. The summed E-state index contributed by atoms with van der Waals surface area (Å²) >= 11 is 0. The van der Waals surface area contributed by atoms with E-state index in [0.717, 1.165) is 43.2 Å². The highest BCUT2D eigenvalue weighted by atomic mass is 16.3. The summed E-state index contributed by atoms with van der Waals surface area (Å²) in [6.07, 6.45) is 4.96. The van der Waals surface area contributed by atoms with Crippen LogP contribution in [0.5, 0.6) is 0 Å². The highest BCUT2D eigenvalue weighted by molar-refractivity contribution is 5.79. The third-order valence-electron chi connectivity index (χ3n) is 4.44. The summed E-state index contributed by atoms with van der Waals surface area (Å²) in [6, 6.07) is 5.70. The number of nitrogens with zero attached hydrogens (tertiary/aromatic N) is 3. The predicted molar refractivity (Wildman–Crippen MR) is 101 cm³/mol. The number of aryl methyl sites for hydroxylation is 1. The van der Waals surface area contributed by atoms with E-state index in [-0.39, 0.29) is 11.8 Å². The smallest absolute Gasteiger partial charge is 0.227 e. The Hall–Kier alpha value is -2.83. The van der Waals surface area contributed by atoms with Gasteiger partial charge in [0.05, 0.1) is 12.8 Å². The third-order valence-corrected chi connectivity index (χ3v) is 4.44. The van der Waals surface area contributed by atoms with Crippen LogP contribution in [0.15, 0.2) is 41.5 Å². The van der Waals surface area contributed by atoms with Gasteiger partial charge in [0.2, 0.25) is 11.9 Å². The molecule has 0 aromatic carbocycles. The van der Waals surface area contributed by atoms with Gasteiger partial charge in [-0.15, -0.1) is 6.58 Å². The van der Waals surface area contributed by atoms with E-state index in [1.165, 1.54) is 0 Å². The molecule has 138 valence electrons. The summed E-state index contributed by atoms with van der Waals surface area (Å²) in [5.74, 6) is 2.49. The molecule has 0 aliphatic carbocycles. The Labute approximate surface area is 153 Å². The lowest BCUT2D eigenvalue weighted by Crippen LogP contribution is -2.41. The Bertz CT molecular complexity index is 736. The fourth-order valence-electron chi connectivity index (χ4n) is 3.03. The van der Waals surface area contributed by atoms with Crippen molar-refractivity contribution in [1.29, 1.82) is 0 Å². The SMILES string of the molecule is C=CCNC(=O)C1CCN(c2nc(C)cc(NCc3ccco3)n2)CC1. The average Bonchev–Trinajstić information content (AvgIpc) is 3.18. The maximum Gasteiger partial charge on any atom is 0.227 e. The molecule has 7 heteroatoms. The van der Waals surface area contributed by atoms with Crippen LogP contribution in [-0.4, -0.2) is 35.5 Å². The minimum atomic E-state index is 0.0487. The fraction of sp³-hybridized carbons (Fsp3) is 0.421. The van der Waals surface area contributed by atoms with E-state index in [9.17, 15) is 4.79 Å². The molecule has 1 amide bonds. The maximum atomic E-state index is 12.1. The van der Waals surface area contributed by atoms with Gasteiger partial charge in [0.15, 0.2) is 0 Å². The first kappa shape index (κ1) is 18.0. The number of furan rings is 1. The third kappa shape index (κ3) is 4.62. The van der Waals surface area contributed by atoms with Crippen LogP contribution in [0.4, 0.5) is 11.8 Å². The monoisotopic (exact) mass is 355 g/mol. The molecule has 26 heavy (non-hydrogen) atoms. The standard InChI is InChI=1S/C19H25N5O2/c1-3-8-20-18(25)15-6-9-24(10-7-15)19-22-14(2)12-17(23-19)21-13-16-5-4-11-26-16/h3-5,11-12,15H,1,6-10,13H2,2H3,(H,20,25)(H,21,22,23). The minimum Gasteiger partial charge on any atom is -0.467 e. The second-order valence-electron chi connectivity index (χ2n) is 6.42. The molecule has 7 nitrogen and oxygen atoms in total. The van der Waals surface area contributed by atoms with Crippen molar-refractivity contribution < 1.29 is 9.21 Å². The van der Waals surface area contributed by atoms with Gasteiger partial charge in [-0.2, -0.15) is 4.98 Å². The van der Waals surface area contributed by atoms with Crippen molar-refractivity contribution in [2.24, 2.45) is 5.92 Å². The predicted octanol–water partition coefficient (Wildman–Crippen LogP) is 2.51. The van der Waals surface area contributed by atoms with Crippen molar-refractivity contribution in [3.05, 3.63) is 48.6 Å². The number of rotatable bonds is 7. The molecule has 0 atom stereocenters. The Morgan fingerprint density at radius 1 is 1.42 bits per heavy atom. The number of hydrogen-bond donors (Lipinski definition) is 2. The summed E-state index contributed by atoms with van der Waals surface area (Å²) in [4.78, 5) is 23.4. The van der Waals surface area contributed by atoms with Gasteiger partial charge in [0.1, 0.15) is 11.6 Å². The lowest BCUT2D eigenvalue weighted by molar-refractivity contribution is -0.125. The number of hydrogen-bond acceptors (Lipinski definition) is 6. The van der Waals surface area contributed by atoms with Crippen molar-refractivity contribution in [3.8, 4) is 0 Å². The molecule has 0 bridgehead atoms. The van der Waals surface area contributed by atoms with Gasteiger partial charge >= 0.3 is 0 Å². The van der Waals surface area contributed by atoms with Crippen molar-refractivity contribution in [1.82, 2.24) is 15.3 Å². The fourth-order valence-corrected chi connectivity index (χ4v) is 3.03. The summed E-state index contributed by atoms with van der Waals surface area (Å²) in [5, 5.41) is 6.15. The van der Waals surface area contributed by atoms with E-state index < -0.39 is 0 Å². The van der Waals surface area contributed by atoms with Crippen LogP contribution >= 0.6 is 0 Å². The number of anilines is 2. The number of piperidine rings is 1. The first-order valence-electron chi connectivity index (χ1n) is 8.91.